The molecule has 1 heterocycles. The first-order valence-corrected chi connectivity index (χ1v) is 5.58. The maximum atomic E-state index is 12.2. The molecule has 19 heavy (non-hydrogen) atoms. The molecule has 2 rings (SSSR count). The van der Waals surface area contributed by atoms with Gasteiger partial charge in [-0.2, -0.15) is 0 Å². The van der Waals surface area contributed by atoms with Crippen LogP contribution >= 0.6 is 0 Å². The van der Waals surface area contributed by atoms with Gasteiger partial charge in [0.05, 0.1) is 6.42 Å². The number of hydrogen-bond donors (Lipinski definition) is 2. The van der Waals surface area contributed by atoms with Crippen LogP contribution in [0.3, 0.4) is 0 Å². The number of hydrogen-bond acceptors (Lipinski definition) is 3. The van der Waals surface area contributed by atoms with Gasteiger partial charge in [0.2, 0.25) is 0 Å². The molecule has 1 aromatic heterocycles. The van der Waals surface area contributed by atoms with Crippen LogP contribution < -0.4 is 5.56 Å². The van der Waals surface area contributed by atoms with Gasteiger partial charge in [0.1, 0.15) is 5.69 Å². The number of carbonyl (C=O) groups is 2. The Labute approximate surface area is 107 Å². The van der Waals surface area contributed by atoms with Gasteiger partial charge in [0.15, 0.2) is 0 Å². The lowest BCUT2D eigenvalue weighted by Gasteiger charge is -2.10. The van der Waals surface area contributed by atoms with E-state index in [0.29, 0.717) is 10.8 Å². The first-order valence-electron chi connectivity index (χ1n) is 5.58. The Morgan fingerprint density at radius 2 is 1.84 bits per heavy atom. The molecule has 0 aliphatic rings. The molecule has 0 fully saturated rings. The summed E-state index contributed by atoms with van der Waals surface area (Å²) in [7, 11) is 0. The number of benzene rings is 1. The van der Waals surface area contributed by atoms with Crippen LogP contribution in [0, 0.1) is 0 Å². The quantitative estimate of drug-likeness (QED) is 0.861. The molecular formula is C13H11NO5. The van der Waals surface area contributed by atoms with Crippen LogP contribution in [-0.4, -0.2) is 26.7 Å². The summed E-state index contributed by atoms with van der Waals surface area (Å²) < 4.78 is 0.985. The number of fused-ring (bicyclic) bond motifs is 1. The number of carboxylic acid groups (broad SMARTS) is 2. The molecule has 98 valence electrons. The summed E-state index contributed by atoms with van der Waals surface area (Å²) in [6, 6.07) is 7.98. The van der Waals surface area contributed by atoms with Gasteiger partial charge in [-0.15, -0.1) is 0 Å². The molecule has 0 aliphatic heterocycles. The third-order valence-corrected chi connectivity index (χ3v) is 2.79. The Hall–Kier alpha value is -2.63. The Kier molecular flexibility index (Phi) is 3.33. The summed E-state index contributed by atoms with van der Waals surface area (Å²) >= 11 is 0. The van der Waals surface area contributed by atoms with E-state index in [1.807, 2.05) is 0 Å². The number of nitrogens with zero attached hydrogens (tertiary/aromatic N) is 1. The zero-order valence-electron chi connectivity index (χ0n) is 9.87. The summed E-state index contributed by atoms with van der Waals surface area (Å²) in [5, 5.41) is 18.7. The number of aromatic carboxylic acids is 1. The zero-order chi connectivity index (χ0) is 14.0. The van der Waals surface area contributed by atoms with E-state index in [1.54, 1.807) is 24.3 Å². The molecule has 6 heteroatoms. The van der Waals surface area contributed by atoms with E-state index in [1.165, 1.54) is 6.07 Å². The SMILES string of the molecule is O=C(O)CCn1c(C(=O)O)cc2ccccc2c1=O. The van der Waals surface area contributed by atoms with Crippen molar-refractivity contribution in [3.05, 3.63) is 46.4 Å². The van der Waals surface area contributed by atoms with E-state index < -0.39 is 17.5 Å². The van der Waals surface area contributed by atoms with Gasteiger partial charge in [-0.25, -0.2) is 4.79 Å². The summed E-state index contributed by atoms with van der Waals surface area (Å²) in [4.78, 5) is 33.9. The second-order valence-corrected chi connectivity index (χ2v) is 4.02. The van der Waals surface area contributed by atoms with Crippen molar-refractivity contribution >= 4 is 22.7 Å². The van der Waals surface area contributed by atoms with Crippen molar-refractivity contribution in [2.75, 3.05) is 0 Å². The van der Waals surface area contributed by atoms with Crippen molar-refractivity contribution in [3.8, 4) is 0 Å². The highest BCUT2D eigenvalue weighted by Crippen LogP contribution is 2.12. The molecular weight excluding hydrogens is 250 g/mol. The highest BCUT2D eigenvalue weighted by atomic mass is 16.4. The average Bonchev–Trinajstić information content (AvgIpc) is 2.37. The Bertz CT molecular complexity index is 717. The first-order chi connectivity index (χ1) is 9.00. The first kappa shape index (κ1) is 12.8. The third kappa shape index (κ3) is 2.47. The summed E-state index contributed by atoms with van der Waals surface area (Å²) in [5.41, 5.74) is -0.693. The summed E-state index contributed by atoms with van der Waals surface area (Å²) in [5.74, 6) is -2.34. The normalized spacial score (nSPS) is 10.5. The predicted molar refractivity (Wildman–Crippen MR) is 67.4 cm³/mol. The highest BCUT2D eigenvalue weighted by Gasteiger charge is 2.15. The molecule has 0 amide bonds. The van der Waals surface area contributed by atoms with Gasteiger partial charge in [-0.3, -0.25) is 9.59 Å². The molecule has 6 nitrogen and oxygen atoms in total. The molecule has 0 spiro atoms. The van der Waals surface area contributed by atoms with Crippen LogP contribution in [0.2, 0.25) is 0 Å². The zero-order valence-corrected chi connectivity index (χ0v) is 9.87. The predicted octanol–water partition coefficient (Wildman–Crippen LogP) is 1.17. The van der Waals surface area contributed by atoms with Gasteiger partial charge >= 0.3 is 11.9 Å². The second-order valence-electron chi connectivity index (χ2n) is 4.02. The minimum Gasteiger partial charge on any atom is -0.481 e. The van der Waals surface area contributed by atoms with Crippen LogP contribution in [0.1, 0.15) is 16.9 Å². The van der Waals surface area contributed by atoms with Gasteiger partial charge in [0.25, 0.3) is 5.56 Å². The number of aliphatic carboxylic acids is 1. The fraction of sp³-hybridized carbons (Fsp3) is 0.154. The number of aromatic nitrogens is 1. The van der Waals surface area contributed by atoms with Crippen LogP contribution in [0.15, 0.2) is 35.1 Å². The number of carboxylic acids is 2. The standard InChI is InChI=1S/C13H11NO5/c15-11(16)5-6-14-10(13(18)19)7-8-3-1-2-4-9(8)12(14)17/h1-4,7H,5-6H2,(H,15,16)(H,18,19). The van der Waals surface area contributed by atoms with Crippen molar-refractivity contribution in [3.63, 3.8) is 0 Å². The average molecular weight is 261 g/mol. The van der Waals surface area contributed by atoms with Crippen LogP contribution in [-0.2, 0) is 11.3 Å². The minimum absolute atomic E-state index is 0.166. The summed E-state index contributed by atoms with van der Waals surface area (Å²) in [6.07, 6.45) is -0.307. The van der Waals surface area contributed by atoms with E-state index in [-0.39, 0.29) is 18.7 Å². The van der Waals surface area contributed by atoms with Gasteiger partial charge < -0.3 is 14.8 Å². The lowest BCUT2D eigenvalue weighted by Crippen LogP contribution is -2.27. The van der Waals surface area contributed by atoms with Crippen molar-refractivity contribution in [1.82, 2.24) is 4.57 Å². The fourth-order valence-electron chi connectivity index (χ4n) is 1.90. The van der Waals surface area contributed by atoms with Crippen LogP contribution in [0.25, 0.3) is 10.8 Å². The molecule has 0 bridgehead atoms. The Morgan fingerprint density at radius 3 is 2.47 bits per heavy atom. The molecule has 0 unspecified atom stereocenters. The van der Waals surface area contributed by atoms with Crippen LogP contribution in [0.4, 0.5) is 0 Å². The highest BCUT2D eigenvalue weighted by molar-refractivity contribution is 5.92. The van der Waals surface area contributed by atoms with Crippen LogP contribution in [0.5, 0.6) is 0 Å². The number of pyridine rings is 1. The van der Waals surface area contributed by atoms with Crippen molar-refractivity contribution in [1.29, 1.82) is 0 Å². The van der Waals surface area contributed by atoms with E-state index in [9.17, 15) is 14.4 Å². The van der Waals surface area contributed by atoms with Gasteiger partial charge in [-0.1, -0.05) is 18.2 Å². The van der Waals surface area contributed by atoms with Gasteiger partial charge in [-0.05, 0) is 17.5 Å². The maximum absolute atomic E-state index is 12.2. The van der Waals surface area contributed by atoms with Crippen molar-refractivity contribution in [2.24, 2.45) is 0 Å². The molecule has 2 aromatic rings. The van der Waals surface area contributed by atoms with E-state index in [2.05, 4.69) is 0 Å². The van der Waals surface area contributed by atoms with Crippen molar-refractivity contribution < 1.29 is 19.8 Å². The molecule has 0 saturated heterocycles. The largest absolute Gasteiger partial charge is 0.481 e. The third-order valence-electron chi connectivity index (χ3n) is 2.79. The topological polar surface area (TPSA) is 96.6 Å². The fourth-order valence-corrected chi connectivity index (χ4v) is 1.90. The molecule has 0 aliphatic carbocycles. The molecule has 1 aromatic carbocycles. The van der Waals surface area contributed by atoms with Gasteiger partial charge in [0, 0.05) is 11.9 Å². The molecule has 0 radical (unpaired) electrons. The number of rotatable bonds is 4. The summed E-state index contributed by atoms with van der Waals surface area (Å²) in [6.45, 7) is -0.166. The second kappa shape index (κ2) is 4.93. The van der Waals surface area contributed by atoms with E-state index >= 15 is 0 Å². The van der Waals surface area contributed by atoms with E-state index in [0.717, 1.165) is 4.57 Å². The smallest absolute Gasteiger partial charge is 0.352 e. The lowest BCUT2D eigenvalue weighted by atomic mass is 10.1. The molecule has 0 atom stereocenters. The van der Waals surface area contributed by atoms with E-state index in [4.69, 9.17) is 10.2 Å². The monoisotopic (exact) mass is 261 g/mol. The molecule has 0 saturated carbocycles. The maximum Gasteiger partial charge on any atom is 0.352 e. The lowest BCUT2D eigenvalue weighted by molar-refractivity contribution is -0.137. The Morgan fingerprint density at radius 1 is 1.16 bits per heavy atom. The van der Waals surface area contributed by atoms with Crippen molar-refractivity contribution in [2.45, 2.75) is 13.0 Å². The minimum atomic E-state index is -1.26. The Balaban J connectivity index is 2.67. The molecule has 2 N–H and O–H groups in total.